The number of hydrogen-bond acceptors (Lipinski definition) is 3. The maximum atomic E-state index is 6.09. The minimum Gasteiger partial charge on any atom is -0.494 e. The smallest absolute Gasteiger partial charge is 0.131 e. The van der Waals surface area contributed by atoms with E-state index in [1.807, 2.05) is 43.3 Å². The van der Waals surface area contributed by atoms with Gasteiger partial charge in [0, 0.05) is 17.6 Å². The lowest BCUT2D eigenvalue weighted by molar-refractivity contribution is 0.338. The molecule has 19 heavy (non-hydrogen) atoms. The van der Waals surface area contributed by atoms with Crippen molar-refractivity contribution in [3.05, 3.63) is 53.1 Å². The molecule has 0 bridgehead atoms. The van der Waals surface area contributed by atoms with Crippen molar-refractivity contribution in [2.75, 3.05) is 6.61 Å². The molecule has 0 unspecified atom stereocenters. The summed E-state index contributed by atoms with van der Waals surface area (Å²) >= 11 is 6.09. The number of rotatable bonds is 5. The van der Waals surface area contributed by atoms with E-state index in [0.29, 0.717) is 29.7 Å². The third kappa shape index (κ3) is 3.63. The fourth-order valence-corrected chi connectivity index (χ4v) is 1.93. The van der Waals surface area contributed by atoms with Gasteiger partial charge in [-0.05, 0) is 36.8 Å². The summed E-state index contributed by atoms with van der Waals surface area (Å²) in [6, 6.07) is 13.0. The number of ether oxygens (including phenoxy) is 2. The van der Waals surface area contributed by atoms with Gasteiger partial charge in [-0.3, -0.25) is 0 Å². The highest BCUT2D eigenvalue weighted by molar-refractivity contribution is 6.31. The van der Waals surface area contributed by atoms with Crippen LogP contribution in [0.5, 0.6) is 17.2 Å². The second-order valence-electron chi connectivity index (χ2n) is 3.97. The molecule has 4 heteroatoms. The summed E-state index contributed by atoms with van der Waals surface area (Å²) in [5.74, 6) is 2.17. The van der Waals surface area contributed by atoms with Crippen LogP contribution in [0.4, 0.5) is 0 Å². The highest BCUT2D eigenvalue weighted by Crippen LogP contribution is 2.28. The molecular formula is C15H16ClNO2. The van der Waals surface area contributed by atoms with Gasteiger partial charge in [-0.15, -0.1) is 0 Å². The molecule has 0 saturated carbocycles. The van der Waals surface area contributed by atoms with E-state index >= 15 is 0 Å². The molecule has 0 heterocycles. The average Bonchev–Trinajstić information content (AvgIpc) is 2.40. The fraction of sp³-hybridized carbons (Fsp3) is 0.200. The number of nitrogens with two attached hydrogens (primary N) is 1. The van der Waals surface area contributed by atoms with E-state index in [1.54, 1.807) is 6.07 Å². The van der Waals surface area contributed by atoms with Gasteiger partial charge in [-0.2, -0.15) is 0 Å². The van der Waals surface area contributed by atoms with Crippen molar-refractivity contribution < 1.29 is 9.47 Å². The van der Waals surface area contributed by atoms with E-state index in [4.69, 9.17) is 26.8 Å². The zero-order valence-corrected chi connectivity index (χ0v) is 11.5. The van der Waals surface area contributed by atoms with Crippen LogP contribution in [0.3, 0.4) is 0 Å². The van der Waals surface area contributed by atoms with E-state index < -0.39 is 0 Å². The Kier molecular flexibility index (Phi) is 4.66. The largest absolute Gasteiger partial charge is 0.494 e. The van der Waals surface area contributed by atoms with Crippen molar-refractivity contribution in [1.29, 1.82) is 0 Å². The van der Waals surface area contributed by atoms with E-state index in [-0.39, 0.29) is 0 Å². The first-order valence-corrected chi connectivity index (χ1v) is 6.50. The lowest BCUT2D eigenvalue weighted by Gasteiger charge is -2.09. The summed E-state index contributed by atoms with van der Waals surface area (Å²) in [5, 5.41) is 0.612. The maximum absolute atomic E-state index is 6.09. The number of hydrogen-bond donors (Lipinski definition) is 1. The molecule has 3 nitrogen and oxygen atoms in total. The first-order chi connectivity index (χ1) is 9.22. The van der Waals surface area contributed by atoms with Crippen molar-refractivity contribution >= 4 is 11.6 Å². The molecule has 0 fully saturated rings. The van der Waals surface area contributed by atoms with Crippen molar-refractivity contribution in [3.63, 3.8) is 0 Å². The molecule has 0 atom stereocenters. The molecule has 0 spiro atoms. The Morgan fingerprint density at radius 1 is 1.05 bits per heavy atom. The van der Waals surface area contributed by atoms with Crippen LogP contribution in [-0.2, 0) is 6.54 Å². The van der Waals surface area contributed by atoms with E-state index in [9.17, 15) is 0 Å². The molecular weight excluding hydrogens is 262 g/mol. The topological polar surface area (TPSA) is 44.5 Å². The van der Waals surface area contributed by atoms with Crippen molar-refractivity contribution in [3.8, 4) is 17.2 Å². The van der Waals surface area contributed by atoms with Gasteiger partial charge in [0.25, 0.3) is 0 Å². The Morgan fingerprint density at radius 3 is 2.47 bits per heavy atom. The Labute approximate surface area is 117 Å². The Morgan fingerprint density at radius 2 is 1.79 bits per heavy atom. The molecule has 0 amide bonds. The van der Waals surface area contributed by atoms with E-state index in [2.05, 4.69) is 0 Å². The molecule has 0 saturated heterocycles. The zero-order chi connectivity index (χ0) is 13.7. The maximum Gasteiger partial charge on any atom is 0.131 e. The third-order valence-electron chi connectivity index (χ3n) is 2.60. The molecule has 100 valence electrons. The minimum atomic E-state index is 0.416. The van der Waals surface area contributed by atoms with Crippen LogP contribution < -0.4 is 15.2 Å². The van der Waals surface area contributed by atoms with Crippen LogP contribution in [0.1, 0.15) is 12.5 Å². The molecule has 0 aliphatic heterocycles. The van der Waals surface area contributed by atoms with Crippen LogP contribution in [0.25, 0.3) is 0 Å². The highest BCUT2D eigenvalue weighted by atomic mass is 35.5. The zero-order valence-electron chi connectivity index (χ0n) is 10.7. The second-order valence-corrected chi connectivity index (χ2v) is 4.37. The third-order valence-corrected chi connectivity index (χ3v) is 2.95. The molecule has 2 aromatic carbocycles. The Hall–Kier alpha value is -1.71. The molecule has 0 aliphatic rings. The summed E-state index contributed by atoms with van der Waals surface area (Å²) in [6.45, 7) is 2.98. The van der Waals surface area contributed by atoms with Crippen LogP contribution in [-0.4, -0.2) is 6.61 Å². The predicted molar refractivity (Wildman–Crippen MR) is 77.0 cm³/mol. The molecule has 2 rings (SSSR count). The fourth-order valence-electron chi connectivity index (χ4n) is 1.69. The number of benzene rings is 2. The van der Waals surface area contributed by atoms with Crippen molar-refractivity contribution in [2.24, 2.45) is 5.73 Å². The standard InChI is InChI=1S/C15H16ClNO2/c1-2-18-12-4-3-5-13(8-12)19-14-7-6-11(10-17)15(16)9-14/h3-9H,2,10,17H2,1H3. The van der Waals surface area contributed by atoms with Gasteiger partial charge in [0.1, 0.15) is 17.2 Å². The Balaban J connectivity index is 2.16. The molecule has 0 radical (unpaired) electrons. The summed E-state index contributed by atoms with van der Waals surface area (Å²) in [6.07, 6.45) is 0. The van der Waals surface area contributed by atoms with Crippen molar-refractivity contribution in [2.45, 2.75) is 13.5 Å². The van der Waals surface area contributed by atoms with E-state index in [0.717, 1.165) is 11.3 Å². The molecule has 0 aliphatic carbocycles. The van der Waals surface area contributed by atoms with Crippen LogP contribution in [0.2, 0.25) is 5.02 Å². The van der Waals surface area contributed by atoms with Gasteiger partial charge in [0.05, 0.1) is 6.61 Å². The first kappa shape index (κ1) is 13.7. The van der Waals surface area contributed by atoms with Crippen LogP contribution in [0, 0.1) is 0 Å². The number of halogens is 1. The second kappa shape index (κ2) is 6.45. The average molecular weight is 278 g/mol. The predicted octanol–water partition coefficient (Wildman–Crippen LogP) is 3.99. The summed E-state index contributed by atoms with van der Waals surface area (Å²) < 4.78 is 11.2. The minimum absolute atomic E-state index is 0.416. The normalized spacial score (nSPS) is 10.3. The van der Waals surface area contributed by atoms with Crippen LogP contribution in [0.15, 0.2) is 42.5 Å². The van der Waals surface area contributed by atoms with Gasteiger partial charge in [-0.25, -0.2) is 0 Å². The lowest BCUT2D eigenvalue weighted by Crippen LogP contribution is -1.97. The highest BCUT2D eigenvalue weighted by Gasteiger charge is 2.03. The molecule has 2 N–H and O–H groups in total. The van der Waals surface area contributed by atoms with Crippen molar-refractivity contribution in [1.82, 2.24) is 0 Å². The van der Waals surface area contributed by atoms with Gasteiger partial charge in [-0.1, -0.05) is 23.7 Å². The van der Waals surface area contributed by atoms with Gasteiger partial charge >= 0.3 is 0 Å². The lowest BCUT2D eigenvalue weighted by atomic mass is 10.2. The van der Waals surface area contributed by atoms with Gasteiger partial charge < -0.3 is 15.2 Å². The first-order valence-electron chi connectivity index (χ1n) is 6.12. The SMILES string of the molecule is CCOc1cccc(Oc2ccc(CN)c(Cl)c2)c1. The van der Waals surface area contributed by atoms with Crippen LogP contribution >= 0.6 is 11.6 Å². The van der Waals surface area contributed by atoms with Gasteiger partial charge in [0.15, 0.2) is 0 Å². The summed E-state index contributed by atoms with van der Waals surface area (Å²) in [7, 11) is 0. The quantitative estimate of drug-likeness (QED) is 0.899. The molecule has 2 aromatic rings. The summed E-state index contributed by atoms with van der Waals surface area (Å²) in [4.78, 5) is 0. The van der Waals surface area contributed by atoms with Gasteiger partial charge in [0.2, 0.25) is 0 Å². The van der Waals surface area contributed by atoms with E-state index in [1.165, 1.54) is 0 Å². The Bertz CT molecular complexity index is 558. The monoisotopic (exact) mass is 277 g/mol. The summed E-state index contributed by atoms with van der Waals surface area (Å²) in [5.41, 5.74) is 6.46. The molecule has 0 aromatic heterocycles.